The first-order valence-electron chi connectivity index (χ1n) is 9.86. The molecule has 0 radical (unpaired) electrons. The lowest BCUT2D eigenvalue weighted by atomic mass is 10.2. The molecule has 0 atom stereocenters. The van der Waals surface area contributed by atoms with Gasteiger partial charge in [-0.25, -0.2) is 9.97 Å². The number of carbonyl (C=O) groups excluding carboxylic acids is 1. The van der Waals surface area contributed by atoms with Crippen molar-refractivity contribution in [1.82, 2.24) is 29.3 Å². The van der Waals surface area contributed by atoms with E-state index in [0.29, 0.717) is 47.7 Å². The Morgan fingerprint density at radius 1 is 1.03 bits per heavy atom. The minimum Gasteiger partial charge on any atom is -0.306 e. The molecule has 0 fully saturated rings. The third-order valence-electron chi connectivity index (χ3n) is 5.09. The van der Waals surface area contributed by atoms with Crippen LogP contribution in [-0.4, -0.2) is 35.6 Å². The topological polar surface area (TPSA) is 78.5 Å². The van der Waals surface area contributed by atoms with Gasteiger partial charge in [-0.05, 0) is 55.9 Å². The number of nitrogens with zero attached hydrogens (tertiary/aromatic N) is 6. The summed E-state index contributed by atoms with van der Waals surface area (Å²) in [5.41, 5.74) is 2.41. The van der Waals surface area contributed by atoms with E-state index in [-0.39, 0.29) is 6.04 Å². The van der Waals surface area contributed by atoms with Gasteiger partial charge in [0.2, 0.25) is 0 Å². The molecule has 166 valence electrons. The van der Waals surface area contributed by atoms with Crippen molar-refractivity contribution in [3.8, 4) is 5.82 Å². The van der Waals surface area contributed by atoms with Crippen molar-refractivity contribution in [2.24, 2.45) is 0 Å². The van der Waals surface area contributed by atoms with E-state index in [1.54, 1.807) is 36.8 Å². The number of carbonyl (C=O) groups is 1. The lowest BCUT2D eigenvalue weighted by Gasteiger charge is -2.13. The molecule has 0 saturated carbocycles. The highest BCUT2D eigenvalue weighted by Crippen LogP contribution is 2.36. The standard InChI is InChI=1S/C22H15Cl3N6OS/c1-11(2)31-10-26-29-22(31)33-21-20(27-17-6-15(24)16(25)7-18(17)28-21)30-8-12(9-32)14-5-13(23)3-4-19(14)30/h3-11H,1-2H3. The van der Waals surface area contributed by atoms with E-state index in [1.165, 1.54) is 11.8 Å². The van der Waals surface area contributed by atoms with Crippen molar-refractivity contribution >= 4 is 74.8 Å². The van der Waals surface area contributed by atoms with Gasteiger partial charge in [0.05, 0.1) is 26.6 Å². The number of hydrogen-bond acceptors (Lipinski definition) is 6. The Morgan fingerprint density at radius 2 is 1.76 bits per heavy atom. The molecule has 5 rings (SSSR count). The Bertz CT molecular complexity index is 1540. The predicted octanol–water partition coefficient (Wildman–Crippen LogP) is 6.67. The van der Waals surface area contributed by atoms with Crippen LogP contribution in [0.5, 0.6) is 0 Å². The van der Waals surface area contributed by atoms with E-state index in [1.807, 2.05) is 29.0 Å². The van der Waals surface area contributed by atoms with Gasteiger partial charge in [0.15, 0.2) is 17.3 Å². The number of fused-ring (bicyclic) bond motifs is 2. The maximum Gasteiger partial charge on any atom is 0.197 e. The summed E-state index contributed by atoms with van der Waals surface area (Å²) in [6.45, 7) is 4.09. The Kier molecular flexibility index (Phi) is 5.78. The molecule has 0 saturated heterocycles. The lowest BCUT2D eigenvalue weighted by molar-refractivity contribution is 0.112. The van der Waals surface area contributed by atoms with E-state index in [2.05, 4.69) is 10.2 Å². The van der Waals surface area contributed by atoms with Gasteiger partial charge in [0, 0.05) is 28.2 Å². The highest BCUT2D eigenvalue weighted by molar-refractivity contribution is 7.99. The first-order valence-corrected chi connectivity index (χ1v) is 11.8. The van der Waals surface area contributed by atoms with E-state index < -0.39 is 0 Å². The summed E-state index contributed by atoms with van der Waals surface area (Å²) >= 11 is 20.0. The van der Waals surface area contributed by atoms with E-state index >= 15 is 0 Å². The van der Waals surface area contributed by atoms with Crippen molar-refractivity contribution in [3.05, 3.63) is 63.5 Å². The number of aldehydes is 1. The molecule has 0 amide bonds. The Morgan fingerprint density at radius 3 is 2.45 bits per heavy atom. The molecule has 0 unspecified atom stereocenters. The molecule has 0 aliphatic rings. The molecule has 5 aromatic rings. The van der Waals surface area contributed by atoms with Crippen molar-refractivity contribution in [1.29, 1.82) is 0 Å². The van der Waals surface area contributed by atoms with Crippen molar-refractivity contribution in [2.45, 2.75) is 30.1 Å². The van der Waals surface area contributed by atoms with Crippen LogP contribution in [0.4, 0.5) is 0 Å². The van der Waals surface area contributed by atoms with Crippen LogP contribution in [0, 0.1) is 0 Å². The van der Waals surface area contributed by atoms with Crippen molar-refractivity contribution in [2.75, 3.05) is 0 Å². The number of halogens is 3. The van der Waals surface area contributed by atoms with Gasteiger partial charge in [0.25, 0.3) is 0 Å². The molecular formula is C22H15Cl3N6OS. The van der Waals surface area contributed by atoms with Gasteiger partial charge in [-0.1, -0.05) is 34.8 Å². The molecule has 2 aromatic carbocycles. The highest BCUT2D eigenvalue weighted by Gasteiger charge is 2.20. The zero-order chi connectivity index (χ0) is 23.3. The molecule has 0 aliphatic carbocycles. The summed E-state index contributed by atoms with van der Waals surface area (Å²) in [7, 11) is 0. The molecule has 3 aromatic heterocycles. The minimum absolute atomic E-state index is 0.156. The van der Waals surface area contributed by atoms with Crippen LogP contribution in [0.3, 0.4) is 0 Å². The van der Waals surface area contributed by atoms with Crippen molar-refractivity contribution < 1.29 is 4.79 Å². The Balaban J connectivity index is 1.79. The van der Waals surface area contributed by atoms with Crippen LogP contribution in [-0.2, 0) is 0 Å². The molecule has 7 nitrogen and oxygen atoms in total. The third kappa shape index (κ3) is 3.97. The molecular weight excluding hydrogens is 503 g/mol. The van der Waals surface area contributed by atoms with Crippen LogP contribution in [0.2, 0.25) is 15.1 Å². The zero-order valence-electron chi connectivity index (χ0n) is 17.3. The van der Waals surface area contributed by atoms with Gasteiger partial charge in [-0.15, -0.1) is 10.2 Å². The molecule has 33 heavy (non-hydrogen) atoms. The average Bonchev–Trinajstić information content (AvgIpc) is 3.38. The fraction of sp³-hybridized carbons (Fsp3) is 0.136. The zero-order valence-corrected chi connectivity index (χ0v) is 20.4. The third-order valence-corrected chi connectivity index (χ3v) is 6.99. The fourth-order valence-electron chi connectivity index (χ4n) is 3.49. The molecule has 0 N–H and O–H groups in total. The molecule has 0 spiro atoms. The largest absolute Gasteiger partial charge is 0.306 e. The highest BCUT2D eigenvalue weighted by atomic mass is 35.5. The van der Waals surface area contributed by atoms with Crippen LogP contribution >= 0.6 is 46.6 Å². The van der Waals surface area contributed by atoms with Gasteiger partial charge >= 0.3 is 0 Å². The Hall–Kier alpha value is -2.65. The van der Waals surface area contributed by atoms with Gasteiger partial charge < -0.3 is 4.57 Å². The van der Waals surface area contributed by atoms with Crippen LogP contribution in [0.25, 0.3) is 27.8 Å². The minimum atomic E-state index is 0.156. The summed E-state index contributed by atoms with van der Waals surface area (Å²) in [5, 5.41) is 11.5. The summed E-state index contributed by atoms with van der Waals surface area (Å²) < 4.78 is 3.77. The maximum atomic E-state index is 11.8. The van der Waals surface area contributed by atoms with Crippen LogP contribution < -0.4 is 0 Å². The smallest absolute Gasteiger partial charge is 0.197 e. The molecule has 0 aliphatic heterocycles. The predicted molar refractivity (Wildman–Crippen MR) is 131 cm³/mol. The second kappa shape index (κ2) is 8.61. The normalized spacial score (nSPS) is 11.7. The molecule has 3 heterocycles. The Labute approximate surface area is 207 Å². The van der Waals surface area contributed by atoms with Crippen LogP contribution in [0.1, 0.15) is 30.2 Å². The monoisotopic (exact) mass is 516 g/mol. The van der Waals surface area contributed by atoms with E-state index in [4.69, 9.17) is 44.8 Å². The number of benzene rings is 2. The van der Waals surface area contributed by atoms with Gasteiger partial charge in [0.1, 0.15) is 11.4 Å². The number of hydrogen-bond donors (Lipinski definition) is 0. The summed E-state index contributed by atoms with van der Waals surface area (Å²) in [6.07, 6.45) is 4.19. The van der Waals surface area contributed by atoms with E-state index in [9.17, 15) is 4.79 Å². The SMILES string of the molecule is CC(C)n1cnnc1Sc1nc2cc(Cl)c(Cl)cc2nc1-n1cc(C=O)c2cc(Cl)ccc21. The maximum absolute atomic E-state index is 11.8. The fourth-order valence-corrected chi connectivity index (χ4v) is 4.99. The summed E-state index contributed by atoms with van der Waals surface area (Å²) in [5.74, 6) is 0.518. The summed E-state index contributed by atoms with van der Waals surface area (Å²) in [6, 6.07) is 8.87. The van der Waals surface area contributed by atoms with Crippen LogP contribution in [0.15, 0.2) is 53.0 Å². The molecule has 11 heteroatoms. The average molecular weight is 518 g/mol. The van der Waals surface area contributed by atoms with Gasteiger partial charge in [-0.2, -0.15) is 0 Å². The van der Waals surface area contributed by atoms with E-state index in [0.717, 1.165) is 17.2 Å². The second-order valence-corrected chi connectivity index (χ2v) is 9.76. The first-order chi connectivity index (χ1) is 15.9. The molecule has 0 bridgehead atoms. The summed E-state index contributed by atoms with van der Waals surface area (Å²) in [4.78, 5) is 21.5. The second-order valence-electron chi connectivity index (χ2n) is 7.56. The number of aromatic nitrogens is 6. The first kappa shape index (κ1) is 22.2. The quantitative estimate of drug-likeness (QED) is 0.242. The number of rotatable bonds is 5. The lowest BCUT2D eigenvalue weighted by Crippen LogP contribution is -2.05. The van der Waals surface area contributed by atoms with Crippen molar-refractivity contribution in [3.63, 3.8) is 0 Å². The van der Waals surface area contributed by atoms with Gasteiger partial charge in [-0.3, -0.25) is 9.36 Å².